The number of carbonyl (C=O) groups excluding carboxylic acids is 1. The monoisotopic (exact) mass is 428 g/mol. The summed E-state index contributed by atoms with van der Waals surface area (Å²) < 4.78 is 23.4. The Morgan fingerprint density at radius 2 is 1.83 bits per heavy atom. The second-order valence-corrected chi connectivity index (χ2v) is 14.8. The summed E-state index contributed by atoms with van der Waals surface area (Å²) in [6.07, 6.45) is 8.65. The summed E-state index contributed by atoms with van der Waals surface area (Å²) in [4.78, 5) is 11.6. The minimum Gasteiger partial charge on any atom is -0.463 e. The van der Waals surface area contributed by atoms with Crippen molar-refractivity contribution in [1.29, 1.82) is 0 Å². The highest BCUT2D eigenvalue weighted by Gasteiger charge is 2.40. The number of unbranched alkanes of at least 4 members (excludes halogenated alkanes) is 2. The van der Waals surface area contributed by atoms with Gasteiger partial charge in [-0.1, -0.05) is 40.0 Å². The lowest BCUT2D eigenvalue weighted by molar-refractivity contribution is -0.144. The van der Waals surface area contributed by atoms with E-state index in [-0.39, 0.29) is 23.2 Å². The molecule has 0 aromatic carbocycles. The minimum absolute atomic E-state index is 0.0309. The highest BCUT2D eigenvalue weighted by atomic mass is 28.4. The quantitative estimate of drug-likeness (QED) is 0.175. The van der Waals surface area contributed by atoms with Gasteiger partial charge in [-0.15, -0.1) is 0 Å². The Bertz CT molecular complexity index is 536. The van der Waals surface area contributed by atoms with Crippen molar-refractivity contribution in [3.05, 3.63) is 12.2 Å². The van der Waals surface area contributed by atoms with Gasteiger partial charge in [0, 0.05) is 12.2 Å². The van der Waals surface area contributed by atoms with Crippen molar-refractivity contribution in [3.8, 4) is 0 Å². The third-order valence-corrected chi connectivity index (χ3v) is 10.4. The molecular weight excluding hydrogens is 384 g/mol. The lowest BCUT2D eigenvalue weighted by Crippen LogP contribution is -2.43. The van der Waals surface area contributed by atoms with Crippen LogP contribution in [0.5, 0.6) is 0 Å². The summed E-state index contributed by atoms with van der Waals surface area (Å²) in [7, 11) is -1.69. The van der Waals surface area contributed by atoms with Gasteiger partial charge in [0.1, 0.15) is 6.10 Å². The van der Waals surface area contributed by atoms with E-state index in [0.717, 1.165) is 32.1 Å². The van der Waals surface area contributed by atoms with E-state index >= 15 is 0 Å². The zero-order valence-corrected chi connectivity index (χ0v) is 21.2. The zero-order valence-electron chi connectivity index (χ0n) is 20.2. The molecule has 0 saturated carbocycles. The van der Waals surface area contributed by atoms with Crippen LogP contribution in [-0.2, 0) is 23.4 Å². The van der Waals surface area contributed by atoms with Crippen molar-refractivity contribution >= 4 is 14.3 Å². The van der Waals surface area contributed by atoms with Crippen molar-refractivity contribution < 1.29 is 23.4 Å². The molecule has 29 heavy (non-hydrogen) atoms. The maximum Gasteiger partial charge on any atom is 0.330 e. The molecule has 0 bridgehead atoms. The normalized spacial score (nSPS) is 23.5. The first-order valence-electron chi connectivity index (χ1n) is 11.2. The summed E-state index contributed by atoms with van der Waals surface area (Å²) in [6, 6.07) is 0. The topological polar surface area (TPSA) is 54.0 Å². The molecule has 5 nitrogen and oxygen atoms in total. The van der Waals surface area contributed by atoms with Crippen molar-refractivity contribution in [3.63, 3.8) is 0 Å². The molecule has 1 saturated heterocycles. The lowest BCUT2D eigenvalue weighted by atomic mass is 10.0. The van der Waals surface area contributed by atoms with E-state index in [1.165, 1.54) is 6.08 Å². The van der Waals surface area contributed by atoms with E-state index in [1.807, 2.05) is 13.8 Å². The average Bonchev–Trinajstić information content (AvgIpc) is 2.85. The van der Waals surface area contributed by atoms with Gasteiger partial charge in [0.05, 0.1) is 12.7 Å². The van der Waals surface area contributed by atoms with Gasteiger partial charge in [-0.25, -0.2) is 4.79 Å². The zero-order chi connectivity index (χ0) is 22.3. The summed E-state index contributed by atoms with van der Waals surface area (Å²) in [5.74, 6) is -0.963. The number of hydrogen-bond donors (Lipinski definition) is 0. The van der Waals surface area contributed by atoms with Crippen molar-refractivity contribution in [2.45, 2.75) is 123 Å². The molecule has 3 atom stereocenters. The molecule has 1 rings (SSSR count). The summed E-state index contributed by atoms with van der Waals surface area (Å²) >= 11 is 0. The maximum atomic E-state index is 11.6. The molecule has 1 heterocycles. The third-order valence-electron chi connectivity index (χ3n) is 5.83. The van der Waals surface area contributed by atoms with Gasteiger partial charge in [0.2, 0.25) is 0 Å². The average molecular weight is 429 g/mol. The van der Waals surface area contributed by atoms with Gasteiger partial charge < -0.3 is 18.6 Å². The second-order valence-electron chi connectivity index (χ2n) is 10.1. The standard InChI is InChI=1S/C23H44O5Si/c1-10-25-21(24)17-16-20-19(26-23(6,7)27-20)15-13-11-12-14-18(2)28-29(8,9)22(3,4)5/h16-20H,10-15H2,1-9H3/b17-16-/t18-,19+,20-/m0/s1. The van der Waals surface area contributed by atoms with E-state index in [2.05, 4.69) is 40.8 Å². The van der Waals surface area contributed by atoms with Crippen LogP contribution in [0.2, 0.25) is 18.1 Å². The van der Waals surface area contributed by atoms with E-state index < -0.39 is 14.1 Å². The van der Waals surface area contributed by atoms with Crippen LogP contribution >= 0.6 is 0 Å². The van der Waals surface area contributed by atoms with Crippen LogP contribution in [0.25, 0.3) is 0 Å². The van der Waals surface area contributed by atoms with Crippen LogP contribution in [0.4, 0.5) is 0 Å². The molecule has 1 aliphatic heterocycles. The van der Waals surface area contributed by atoms with Crippen LogP contribution in [0, 0.1) is 0 Å². The SMILES string of the molecule is CCOC(=O)/C=C\[C@@H]1OC(C)(C)O[C@@H]1CCCCC[C@H](C)O[Si](C)(C)C(C)(C)C. The van der Waals surface area contributed by atoms with E-state index in [9.17, 15) is 4.79 Å². The lowest BCUT2D eigenvalue weighted by Gasteiger charge is -2.38. The molecule has 170 valence electrons. The molecule has 0 N–H and O–H groups in total. The highest BCUT2D eigenvalue weighted by Crippen LogP contribution is 2.38. The second kappa shape index (κ2) is 11.1. The molecule has 0 radical (unpaired) electrons. The molecule has 0 aliphatic carbocycles. The van der Waals surface area contributed by atoms with Crippen molar-refractivity contribution in [2.24, 2.45) is 0 Å². The van der Waals surface area contributed by atoms with Crippen LogP contribution in [-0.4, -0.2) is 45.0 Å². The number of hydrogen-bond acceptors (Lipinski definition) is 5. The van der Waals surface area contributed by atoms with E-state index in [1.54, 1.807) is 13.0 Å². The first-order valence-corrected chi connectivity index (χ1v) is 14.1. The van der Waals surface area contributed by atoms with Crippen LogP contribution in [0.15, 0.2) is 12.2 Å². The summed E-state index contributed by atoms with van der Waals surface area (Å²) in [5, 5.41) is 0.250. The van der Waals surface area contributed by atoms with Crippen molar-refractivity contribution in [1.82, 2.24) is 0 Å². The van der Waals surface area contributed by atoms with Crippen molar-refractivity contribution in [2.75, 3.05) is 6.61 Å². The van der Waals surface area contributed by atoms with Gasteiger partial charge in [0.15, 0.2) is 14.1 Å². The summed E-state index contributed by atoms with van der Waals surface area (Å²) in [5.41, 5.74) is 0. The fraction of sp³-hybridized carbons (Fsp3) is 0.870. The molecular formula is C23H44O5Si. The van der Waals surface area contributed by atoms with E-state index in [4.69, 9.17) is 18.6 Å². The van der Waals surface area contributed by atoms with Crippen LogP contribution in [0.1, 0.15) is 80.6 Å². The molecule has 1 fully saturated rings. The van der Waals surface area contributed by atoms with Gasteiger partial charge >= 0.3 is 5.97 Å². The first-order chi connectivity index (χ1) is 13.3. The van der Waals surface area contributed by atoms with E-state index in [0.29, 0.717) is 12.7 Å². The predicted octanol–water partition coefficient (Wildman–Crippen LogP) is 5.99. The summed E-state index contributed by atoms with van der Waals surface area (Å²) in [6.45, 7) is 19.7. The Balaban J connectivity index is 2.39. The Morgan fingerprint density at radius 1 is 1.17 bits per heavy atom. The number of carbonyl (C=O) groups is 1. The van der Waals surface area contributed by atoms with Gasteiger partial charge in [-0.05, 0) is 64.7 Å². The smallest absolute Gasteiger partial charge is 0.330 e. The van der Waals surface area contributed by atoms with Gasteiger partial charge in [-0.2, -0.15) is 0 Å². The first kappa shape index (κ1) is 26.3. The fourth-order valence-corrected chi connectivity index (χ4v) is 4.78. The molecule has 0 amide bonds. The Hall–Kier alpha value is -0.693. The highest BCUT2D eigenvalue weighted by molar-refractivity contribution is 6.74. The molecule has 1 aliphatic rings. The largest absolute Gasteiger partial charge is 0.463 e. The number of esters is 1. The van der Waals surface area contributed by atoms with Crippen LogP contribution in [0.3, 0.4) is 0 Å². The molecule has 0 spiro atoms. The number of ether oxygens (including phenoxy) is 3. The minimum atomic E-state index is -1.69. The molecule has 0 aromatic heterocycles. The Kier molecular flexibility index (Phi) is 10.1. The Morgan fingerprint density at radius 3 is 2.41 bits per heavy atom. The molecule has 6 heteroatoms. The molecule has 0 aromatic rings. The van der Waals surface area contributed by atoms with Crippen LogP contribution < -0.4 is 0 Å². The predicted molar refractivity (Wildman–Crippen MR) is 120 cm³/mol. The van der Waals surface area contributed by atoms with Gasteiger partial charge in [0.25, 0.3) is 0 Å². The fourth-order valence-electron chi connectivity index (χ4n) is 3.31. The molecule has 0 unspecified atom stereocenters. The maximum absolute atomic E-state index is 11.6. The third kappa shape index (κ3) is 9.32. The number of rotatable bonds is 11. The Labute approximate surface area is 179 Å². The van der Waals surface area contributed by atoms with Gasteiger partial charge in [-0.3, -0.25) is 0 Å².